The number of carbonyl (C=O) groups is 1. The van der Waals surface area contributed by atoms with Crippen molar-refractivity contribution in [1.29, 1.82) is 0 Å². The van der Waals surface area contributed by atoms with Gasteiger partial charge in [0.1, 0.15) is 0 Å². The van der Waals surface area contributed by atoms with Gasteiger partial charge in [0.15, 0.2) is 6.10 Å². The Bertz CT molecular complexity index is 373. The average Bonchev–Trinajstić information content (AvgIpc) is 2.01. The quantitative estimate of drug-likeness (QED) is 0.453. The summed E-state index contributed by atoms with van der Waals surface area (Å²) in [5.74, 6) is -1.16. The zero-order chi connectivity index (χ0) is 12.4. The first kappa shape index (κ1) is 14.0. The Balaban J connectivity index is 4.81. The molecule has 0 aromatic heterocycles. The summed E-state index contributed by atoms with van der Waals surface area (Å²) in [4.78, 5) is 10.8. The fourth-order valence-corrected chi connectivity index (χ4v) is 1.01. The summed E-state index contributed by atoms with van der Waals surface area (Å²) in [6.45, 7) is 4.98. The Labute approximate surface area is 85.5 Å². The number of ether oxygens (including phenoxy) is 1. The molecule has 1 unspecified atom stereocenters. The van der Waals surface area contributed by atoms with Crippen LogP contribution in [0, 0.1) is 0 Å². The third kappa shape index (κ3) is 3.24. The van der Waals surface area contributed by atoms with E-state index in [9.17, 15) is 22.0 Å². The van der Waals surface area contributed by atoms with E-state index in [1.54, 1.807) is 0 Å². The van der Waals surface area contributed by atoms with Crippen molar-refractivity contribution in [1.82, 2.24) is 0 Å². The maximum atomic E-state index is 12.8. The summed E-state index contributed by atoms with van der Waals surface area (Å²) < 4.78 is 58.3. The van der Waals surface area contributed by atoms with E-state index in [1.165, 1.54) is 6.92 Å². The minimum atomic E-state index is -5.61. The van der Waals surface area contributed by atoms with Crippen LogP contribution in [0.25, 0.3) is 0 Å². The fraction of sp³-hybridized carbons (Fsp3) is 0.571. The van der Waals surface area contributed by atoms with Gasteiger partial charge < -0.3 is 4.74 Å². The van der Waals surface area contributed by atoms with Crippen molar-refractivity contribution in [3.8, 4) is 0 Å². The first-order chi connectivity index (χ1) is 6.50. The molecule has 15 heavy (non-hydrogen) atoms. The van der Waals surface area contributed by atoms with Gasteiger partial charge in [-0.25, -0.2) is 4.79 Å². The highest BCUT2D eigenvalue weighted by Crippen LogP contribution is 2.27. The second-order valence-corrected chi connectivity index (χ2v) is 4.36. The predicted octanol–water partition coefficient (Wildman–Crippen LogP) is 0.975. The van der Waals surface area contributed by atoms with E-state index in [-0.39, 0.29) is 5.57 Å². The van der Waals surface area contributed by atoms with Gasteiger partial charge in [-0.1, -0.05) is 6.58 Å². The predicted molar refractivity (Wildman–Crippen MR) is 46.9 cm³/mol. The number of carbonyl (C=O) groups excluding carboxylic acids is 1. The van der Waals surface area contributed by atoms with Gasteiger partial charge >= 0.3 is 21.3 Å². The SMILES string of the molecule is C=C(C)C(=O)OC(C)C(F)(F)S(=O)(=O)O. The van der Waals surface area contributed by atoms with E-state index in [4.69, 9.17) is 4.55 Å². The molecular formula is C7H10F2O5S. The lowest BCUT2D eigenvalue weighted by Crippen LogP contribution is -2.42. The molecule has 0 aliphatic rings. The summed E-state index contributed by atoms with van der Waals surface area (Å²) in [6, 6.07) is 0. The monoisotopic (exact) mass is 244 g/mol. The van der Waals surface area contributed by atoms with Crippen LogP contribution in [0.15, 0.2) is 12.2 Å². The van der Waals surface area contributed by atoms with Crippen LogP contribution in [-0.2, 0) is 19.6 Å². The molecule has 88 valence electrons. The van der Waals surface area contributed by atoms with Crippen molar-refractivity contribution in [2.45, 2.75) is 25.2 Å². The summed E-state index contributed by atoms with van der Waals surface area (Å²) in [7, 11) is -5.61. The molecule has 0 rings (SSSR count). The largest absolute Gasteiger partial charge is 0.452 e. The molecule has 0 aromatic carbocycles. The van der Waals surface area contributed by atoms with Crippen molar-refractivity contribution < 1.29 is 31.3 Å². The third-order valence-electron chi connectivity index (χ3n) is 1.45. The number of hydrogen-bond donors (Lipinski definition) is 1. The molecule has 8 heteroatoms. The molecule has 5 nitrogen and oxygen atoms in total. The number of esters is 1. The van der Waals surface area contributed by atoms with E-state index in [0.29, 0.717) is 6.92 Å². The van der Waals surface area contributed by atoms with Crippen LogP contribution in [0.4, 0.5) is 8.78 Å². The molecule has 0 bridgehead atoms. The van der Waals surface area contributed by atoms with E-state index >= 15 is 0 Å². The van der Waals surface area contributed by atoms with Crippen molar-refractivity contribution in [2.24, 2.45) is 0 Å². The third-order valence-corrected chi connectivity index (χ3v) is 2.47. The van der Waals surface area contributed by atoms with Gasteiger partial charge in [-0.05, 0) is 13.8 Å². The molecule has 0 saturated carbocycles. The highest BCUT2D eigenvalue weighted by molar-refractivity contribution is 7.86. The van der Waals surface area contributed by atoms with E-state index < -0.39 is 27.4 Å². The zero-order valence-corrected chi connectivity index (χ0v) is 8.85. The van der Waals surface area contributed by atoms with Crippen molar-refractivity contribution in [3.05, 3.63) is 12.2 Å². The Hall–Kier alpha value is -1.02. The van der Waals surface area contributed by atoms with Gasteiger partial charge in [-0.3, -0.25) is 4.55 Å². The van der Waals surface area contributed by atoms with Gasteiger partial charge in [0, 0.05) is 5.57 Å². The van der Waals surface area contributed by atoms with Crippen LogP contribution in [0.3, 0.4) is 0 Å². The minimum absolute atomic E-state index is 0.159. The first-order valence-electron chi connectivity index (χ1n) is 3.71. The second kappa shape index (κ2) is 4.23. The fourth-order valence-electron chi connectivity index (χ4n) is 0.539. The van der Waals surface area contributed by atoms with Gasteiger partial charge in [-0.15, -0.1) is 0 Å². The van der Waals surface area contributed by atoms with Crippen molar-refractivity contribution in [3.63, 3.8) is 0 Å². The summed E-state index contributed by atoms with van der Waals surface area (Å²) >= 11 is 0. The highest BCUT2D eigenvalue weighted by Gasteiger charge is 2.51. The molecule has 1 atom stereocenters. The Morgan fingerprint density at radius 3 is 2.20 bits per heavy atom. The molecular weight excluding hydrogens is 234 g/mol. The zero-order valence-electron chi connectivity index (χ0n) is 8.03. The van der Waals surface area contributed by atoms with Crippen LogP contribution in [0.2, 0.25) is 0 Å². The molecule has 0 spiro atoms. The molecule has 0 aliphatic heterocycles. The number of rotatable bonds is 4. The Morgan fingerprint density at radius 1 is 1.53 bits per heavy atom. The van der Waals surface area contributed by atoms with Crippen LogP contribution in [0.1, 0.15) is 13.8 Å². The summed E-state index contributed by atoms with van der Waals surface area (Å²) in [5.41, 5.74) is -0.159. The molecule has 1 N–H and O–H groups in total. The van der Waals surface area contributed by atoms with E-state index in [2.05, 4.69) is 11.3 Å². The van der Waals surface area contributed by atoms with Crippen molar-refractivity contribution in [2.75, 3.05) is 0 Å². The smallest absolute Gasteiger partial charge is 0.405 e. The lowest BCUT2D eigenvalue weighted by Gasteiger charge is -2.20. The van der Waals surface area contributed by atoms with Crippen LogP contribution >= 0.6 is 0 Å². The minimum Gasteiger partial charge on any atom is -0.452 e. The van der Waals surface area contributed by atoms with E-state index in [0.717, 1.165) is 0 Å². The standard InChI is InChI=1S/C7H10F2O5S/c1-4(2)6(10)14-5(3)7(8,9)15(11,12)13/h5H,1H2,2-3H3,(H,11,12,13). The van der Waals surface area contributed by atoms with Crippen molar-refractivity contribution >= 4 is 16.1 Å². The summed E-state index contributed by atoms with van der Waals surface area (Å²) in [6.07, 6.45) is -2.29. The molecule has 0 heterocycles. The molecule has 0 fully saturated rings. The highest BCUT2D eigenvalue weighted by atomic mass is 32.2. The maximum Gasteiger partial charge on any atom is 0.405 e. The topological polar surface area (TPSA) is 80.7 Å². The van der Waals surface area contributed by atoms with E-state index in [1.807, 2.05) is 0 Å². The van der Waals surface area contributed by atoms with Gasteiger partial charge in [0.25, 0.3) is 0 Å². The van der Waals surface area contributed by atoms with Gasteiger partial charge in [0.05, 0.1) is 0 Å². The average molecular weight is 244 g/mol. The normalized spacial score (nSPS) is 14.5. The second-order valence-electron chi connectivity index (χ2n) is 2.86. The molecule has 0 amide bonds. The Kier molecular flexibility index (Phi) is 3.94. The summed E-state index contributed by atoms with van der Waals surface area (Å²) in [5, 5.41) is -4.54. The van der Waals surface area contributed by atoms with Crippen LogP contribution in [0.5, 0.6) is 0 Å². The maximum absolute atomic E-state index is 12.8. The first-order valence-corrected chi connectivity index (χ1v) is 5.15. The Morgan fingerprint density at radius 2 is 1.93 bits per heavy atom. The van der Waals surface area contributed by atoms with Gasteiger partial charge in [-0.2, -0.15) is 17.2 Å². The molecule has 0 saturated heterocycles. The lowest BCUT2D eigenvalue weighted by atomic mass is 10.3. The number of alkyl halides is 2. The molecule has 0 aromatic rings. The molecule has 0 radical (unpaired) electrons. The van der Waals surface area contributed by atoms with Gasteiger partial charge in [0.2, 0.25) is 0 Å². The number of hydrogen-bond acceptors (Lipinski definition) is 4. The van der Waals surface area contributed by atoms with Crippen LogP contribution < -0.4 is 0 Å². The lowest BCUT2D eigenvalue weighted by molar-refractivity contribution is -0.154. The van der Waals surface area contributed by atoms with Crippen LogP contribution in [-0.4, -0.2) is 30.3 Å². The molecule has 0 aliphatic carbocycles. The number of halogens is 2.